The molecule has 6 saturated heterocycles. The Balaban J connectivity index is 0.000000227. The van der Waals surface area contributed by atoms with Crippen LogP contribution in [-0.4, -0.2) is 114 Å². The third kappa shape index (κ3) is 38.1. The molecule has 0 aromatic heterocycles. The summed E-state index contributed by atoms with van der Waals surface area (Å²) in [6.45, 7) is 14.4. The number of nitrogens with one attached hydrogen (secondary N) is 6. The average Bonchev–Trinajstić information content (AvgIpc) is 3.37. The van der Waals surface area contributed by atoms with Gasteiger partial charge >= 0.3 is 0 Å². The highest BCUT2D eigenvalue weighted by molar-refractivity contribution is 8.04. The van der Waals surface area contributed by atoms with Gasteiger partial charge in [-0.1, -0.05) is 43.5 Å². The molecule has 0 spiro atoms. The molecule has 0 amide bonds. The lowest BCUT2D eigenvalue weighted by atomic mass is 10.1. The van der Waals surface area contributed by atoms with E-state index < -0.39 is 0 Å². The molecule has 0 radical (unpaired) electrons. The number of ether oxygens (including phenoxy) is 2. The summed E-state index contributed by atoms with van der Waals surface area (Å²) in [6.07, 6.45) is 29.9. The van der Waals surface area contributed by atoms with Gasteiger partial charge in [0.05, 0.1) is 13.2 Å². The zero-order valence-corrected chi connectivity index (χ0v) is 39.5. The van der Waals surface area contributed by atoms with Crippen LogP contribution in [0.25, 0.3) is 0 Å². The Morgan fingerprint density at radius 2 is 1.02 bits per heavy atom. The van der Waals surface area contributed by atoms with Gasteiger partial charge < -0.3 is 41.4 Å². The number of aryl methyl sites for hydroxylation is 1. The quantitative estimate of drug-likeness (QED) is 0.150. The van der Waals surface area contributed by atoms with Gasteiger partial charge in [-0.3, -0.25) is 0 Å². The fourth-order valence-corrected chi connectivity index (χ4v) is 9.38. The number of rotatable bonds is 0. The normalized spacial score (nSPS) is 21.6. The second-order valence-electron chi connectivity index (χ2n) is 14.7. The first-order valence-electron chi connectivity index (χ1n) is 22.9. The molecule has 334 valence electrons. The van der Waals surface area contributed by atoms with Gasteiger partial charge in [0.25, 0.3) is 0 Å². The summed E-state index contributed by atoms with van der Waals surface area (Å²) in [5.74, 6) is 6.75. The highest BCUT2D eigenvalue weighted by atomic mass is 32.2. The molecule has 0 unspecified atom stereocenters. The first kappa shape index (κ1) is 53.3. The van der Waals surface area contributed by atoms with Crippen molar-refractivity contribution in [2.75, 3.05) is 114 Å². The van der Waals surface area contributed by atoms with E-state index in [4.69, 9.17) is 9.47 Å². The monoisotopic (exact) mass is 881 g/mol. The number of allylic oxidation sites excluding steroid dienone is 1. The molecule has 6 fully saturated rings. The lowest BCUT2D eigenvalue weighted by Crippen LogP contribution is -2.30. The van der Waals surface area contributed by atoms with Crippen LogP contribution >= 0.6 is 47.0 Å². The largest absolute Gasteiger partial charge is 0.391 e. The molecule has 9 heterocycles. The van der Waals surface area contributed by atoms with E-state index in [0.717, 1.165) is 46.1 Å². The van der Waals surface area contributed by atoms with E-state index in [0.29, 0.717) is 0 Å². The van der Waals surface area contributed by atoms with Crippen molar-refractivity contribution in [1.29, 1.82) is 0 Å². The molecule has 6 N–H and O–H groups in total. The minimum absolute atomic E-state index is 0.889. The smallest absolute Gasteiger partial charge is 0.0591 e. The molecular formula is C46H84N6O2S4. The molecule has 12 heteroatoms. The number of fused-ring (bicyclic) bond motifs is 1. The summed E-state index contributed by atoms with van der Waals surface area (Å²) < 4.78 is 10.1. The van der Waals surface area contributed by atoms with Crippen molar-refractivity contribution < 1.29 is 9.47 Å². The van der Waals surface area contributed by atoms with Gasteiger partial charge in [0.2, 0.25) is 0 Å². The van der Waals surface area contributed by atoms with Gasteiger partial charge in [-0.05, 0) is 156 Å². The SMILES string of the molecule is C1=CNCCC1.C1=CSC=CN1.C1CCNCC1.C1CCNCC1.C1CCOCC1.C1CCSCC1.C1COCCN1.C1CSCCN1.c1ccc2c(c1)CCCS2. The third-order valence-electron chi connectivity index (χ3n) is 9.50. The van der Waals surface area contributed by atoms with Crippen LogP contribution in [0.5, 0.6) is 0 Å². The number of morpholine rings is 1. The number of hydrogen-bond donors (Lipinski definition) is 6. The van der Waals surface area contributed by atoms with Gasteiger partial charge in [-0.15, -0.1) is 23.5 Å². The van der Waals surface area contributed by atoms with Crippen LogP contribution in [0.2, 0.25) is 0 Å². The maximum Gasteiger partial charge on any atom is 0.0591 e. The highest BCUT2D eigenvalue weighted by Crippen LogP contribution is 2.29. The molecule has 0 aliphatic carbocycles. The van der Waals surface area contributed by atoms with Gasteiger partial charge in [0, 0.05) is 74.7 Å². The molecule has 0 atom stereocenters. The first-order valence-corrected chi connectivity index (χ1v) is 27.1. The van der Waals surface area contributed by atoms with Crippen molar-refractivity contribution >= 4 is 47.0 Å². The first-order chi connectivity index (χ1) is 29.0. The molecule has 1 aromatic rings. The fraction of sp³-hybridized carbons (Fsp3) is 0.739. The molecule has 9 aliphatic rings. The van der Waals surface area contributed by atoms with Crippen molar-refractivity contribution in [3.8, 4) is 0 Å². The van der Waals surface area contributed by atoms with Crippen LogP contribution < -0.4 is 31.9 Å². The van der Waals surface area contributed by atoms with Crippen LogP contribution in [-0.2, 0) is 15.9 Å². The predicted molar refractivity (Wildman–Crippen MR) is 264 cm³/mol. The van der Waals surface area contributed by atoms with E-state index in [-0.39, 0.29) is 0 Å². The summed E-state index contributed by atoms with van der Waals surface area (Å²) in [4.78, 5) is 1.49. The number of thioether (sulfide) groups is 4. The molecule has 58 heavy (non-hydrogen) atoms. The van der Waals surface area contributed by atoms with E-state index in [1.165, 1.54) is 176 Å². The molecular weight excluding hydrogens is 797 g/mol. The van der Waals surface area contributed by atoms with Crippen molar-refractivity contribution in [2.45, 2.75) is 108 Å². The maximum atomic E-state index is 5.07. The van der Waals surface area contributed by atoms with Crippen LogP contribution in [0.4, 0.5) is 0 Å². The minimum atomic E-state index is 0.889. The van der Waals surface area contributed by atoms with E-state index >= 15 is 0 Å². The Morgan fingerprint density at radius 3 is 1.29 bits per heavy atom. The average molecular weight is 881 g/mol. The Bertz CT molecular complexity index is 845. The van der Waals surface area contributed by atoms with E-state index in [2.05, 4.69) is 74.0 Å². The Labute approximate surface area is 373 Å². The standard InChI is InChI=1S/C9H10S.2C5H11N.C5H9N.C5H10O.C5H10S.C4H9NO.C4H9NS.C4H5NS/c1-2-6-9-8(4-1)5-3-7-10-9;5*1-2-4-6-5-3-1;3*1-3-6-4-2-5-1/h1-2,4,6H,3,5,7H2;2*6H,1-5H2;2,4,6H,1,3,5H2;2*1-5H2;2*5H,1-4H2;1-5H. The maximum absolute atomic E-state index is 5.07. The van der Waals surface area contributed by atoms with Crippen LogP contribution in [0.15, 0.2) is 64.7 Å². The summed E-state index contributed by atoms with van der Waals surface area (Å²) in [7, 11) is 0. The summed E-state index contributed by atoms with van der Waals surface area (Å²) in [5.41, 5.74) is 1.54. The van der Waals surface area contributed by atoms with Crippen molar-refractivity contribution in [3.63, 3.8) is 0 Å². The fourth-order valence-electron chi connectivity index (χ4n) is 6.14. The van der Waals surface area contributed by atoms with Gasteiger partial charge in [-0.2, -0.15) is 23.5 Å². The van der Waals surface area contributed by atoms with Gasteiger partial charge in [0.1, 0.15) is 0 Å². The zero-order valence-electron chi connectivity index (χ0n) is 36.3. The molecule has 0 bridgehead atoms. The topological polar surface area (TPSA) is 90.6 Å². The van der Waals surface area contributed by atoms with E-state index in [1.54, 1.807) is 17.3 Å². The molecule has 0 saturated carbocycles. The molecule has 8 nitrogen and oxygen atoms in total. The Hall–Kier alpha value is -0.800. The van der Waals surface area contributed by atoms with E-state index in [1.807, 2.05) is 52.9 Å². The van der Waals surface area contributed by atoms with Gasteiger partial charge in [0.15, 0.2) is 0 Å². The van der Waals surface area contributed by atoms with Crippen LogP contribution in [0, 0.1) is 0 Å². The van der Waals surface area contributed by atoms with Crippen LogP contribution in [0.3, 0.4) is 0 Å². The van der Waals surface area contributed by atoms with Crippen molar-refractivity contribution in [3.05, 3.63) is 65.3 Å². The van der Waals surface area contributed by atoms with Gasteiger partial charge in [-0.25, -0.2) is 0 Å². The lowest BCUT2D eigenvalue weighted by Gasteiger charge is -2.13. The molecule has 10 rings (SSSR count). The van der Waals surface area contributed by atoms with Crippen molar-refractivity contribution in [2.24, 2.45) is 0 Å². The lowest BCUT2D eigenvalue weighted by molar-refractivity contribution is 0.0968. The third-order valence-corrected chi connectivity index (χ3v) is 13.4. The molecule has 9 aliphatic heterocycles. The molecule has 1 aromatic carbocycles. The summed E-state index contributed by atoms with van der Waals surface area (Å²) >= 11 is 7.79. The highest BCUT2D eigenvalue weighted by Gasteiger charge is 2.06. The number of piperidine rings is 2. The summed E-state index contributed by atoms with van der Waals surface area (Å²) in [5, 5.41) is 23.0. The summed E-state index contributed by atoms with van der Waals surface area (Å²) in [6, 6.07) is 8.71. The zero-order chi connectivity index (χ0) is 40.8. The number of benzene rings is 1. The van der Waals surface area contributed by atoms with E-state index in [9.17, 15) is 0 Å². The predicted octanol–water partition coefficient (Wildman–Crippen LogP) is 9.41. The minimum Gasteiger partial charge on any atom is -0.391 e. The number of hydrogen-bond acceptors (Lipinski definition) is 12. The Kier molecular flexibility index (Phi) is 42.0. The second-order valence-corrected chi connectivity index (χ2v) is 19.1. The second kappa shape index (κ2) is 45.7. The van der Waals surface area contributed by atoms with Crippen molar-refractivity contribution in [1.82, 2.24) is 31.9 Å². The Morgan fingerprint density at radius 1 is 0.448 bits per heavy atom. The van der Waals surface area contributed by atoms with Crippen LogP contribution in [0.1, 0.15) is 102 Å².